The van der Waals surface area contributed by atoms with Gasteiger partial charge in [0, 0.05) is 12.7 Å². The van der Waals surface area contributed by atoms with Crippen LogP contribution in [0.2, 0.25) is 0 Å². The van der Waals surface area contributed by atoms with E-state index in [0.29, 0.717) is 13.1 Å². The predicted octanol–water partition coefficient (Wildman–Crippen LogP) is -0.164. The first kappa shape index (κ1) is 9.21. The number of hydrogen-bond donors (Lipinski definition) is 1. The number of nitrogens with zero attached hydrogens (tertiary/aromatic N) is 2. The number of ether oxygens (including phenoxy) is 1. The van der Waals surface area contributed by atoms with Crippen molar-refractivity contribution in [3.63, 3.8) is 0 Å². The van der Waals surface area contributed by atoms with Crippen molar-refractivity contribution in [1.82, 2.24) is 14.9 Å². The number of hydrogen-bond acceptors (Lipinski definition) is 4. The first-order chi connectivity index (χ1) is 6.70. The molecule has 0 aliphatic carbocycles. The molecule has 0 radical (unpaired) electrons. The number of aromatic nitrogens is 2. The van der Waals surface area contributed by atoms with Gasteiger partial charge in [0.25, 0.3) is 0 Å². The number of methoxy groups -OCH3 is 1. The quantitative estimate of drug-likeness (QED) is 0.632. The molecule has 5 heteroatoms. The SMILES string of the molecule is COC(=O)C1Cn2cc(C)nc2CN1. The van der Waals surface area contributed by atoms with Gasteiger partial charge in [-0.3, -0.25) is 10.1 Å². The average molecular weight is 195 g/mol. The van der Waals surface area contributed by atoms with Gasteiger partial charge in [0.1, 0.15) is 11.9 Å². The summed E-state index contributed by atoms with van der Waals surface area (Å²) in [7, 11) is 1.40. The van der Waals surface area contributed by atoms with Crippen molar-refractivity contribution < 1.29 is 9.53 Å². The van der Waals surface area contributed by atoms with E-state index in [9.17, 15) is 4.79 Å². The number of imidazole rings is 1. The maximum absolute atomic E-state index is 11.3. The molecule has 1 N–H and O–H groups in total. The minimum Gasteiger partial charge on any atom is -0.468 e. The van der Waals surface area contributed by atoms with E-state index in [1.807, 2.05) is 17.7 Å². The lowest BCUT2D eigenvalue weighted by molar-refractivity contribution is -0.143. The molecule has 1 aliphatic heterocycles. The fourth-order valence-corrected chi connectivity index (χ4v) is 1.67. The number of fused-ring (bicyclic) bond motifs is 1. The number of carbonyl (C=O) groups excluding carboxylic acids is 1. The minimum atomic E-state index is -0.249. The van der Waals surface area contributed by atoms with Gasteiger partial charge in [-0.1, -0.05) is 0 Å². The summed E-state index contributed by atoms with van der Waals surface area (Å²) in [6.07, 6.45) is 1.95. The Morgan fingerprint density at radius 1 is 1.79 bits per heavy atom. The summed E-state index contributed by atoms with van der Waals surface area (Å²) >= 11 is 0. The van der Waals surface area contributed by atoms with E-state index in [1.165, 1.54) is 7.11 Å². The highest BCUT2D eigenvalue weighted by atomic mass is 16.5. The van der Waals surface area contributed by atoms with Crippen LogP contribution in [0.4, 0.5) is 0 Å². The van der Waals surface area contributed by atoms with Crippen LogP contribution in [0.15, 0.2) is 6.20 Å². The Labute approximate surface area is 82.1 Å². The van der Waals surface area contributed by atoms with Crippen molar-refractivity contribution >= 4 is 5.97 Å². The zero-order valence-electron chi connectivity index (χ0n) is 8.28. The van der Waals surface area contributed by atoms with Crippen LogP contribution < -0.4 is 5.32 Å². The van der Waals surface area contributed by atoms with Crippen molar-refractivity contribution in [3.05, 3.63) is 17.7 Å². The van der Waals surface area contributed by atoms with Crippen LogP contribution >= 0.6 is 0 Å². The lowest BCUT2D eigenvalue weighted by Crippen LogP contribution is -2.44. The first-order valence-corrected chi connectivity index (χ1v) is 4.54. The Morgan fingerprint density at radius 3 is 3.29 bits per heavy atom. The van der Waals surface area contributed by atoms with Gasteiger partial charge in [-0.25, -0.2) is 4.98 Å². The number of nitrogens with one attached hydrogen (secondary N) is 1. The van der Waals surface area contributed by atoms with Gasteiger partial charge >= 0.3 is 5.97 Å². The second kappa shape index (κ2) is 3.42. The highest BCUT2D eigenvalue weighted by molar-refractivity contribution is 5.75. The molecule has 1 aromatic rings. The van der Waals surface area contributed by atoms with Crippen LogP contribution in [0.25, 0.3) is 0 Å². The van der Waals surface area contributed by atoms with Gasteiger partial charge in [-0.15, -0.1) is 0 Å². The van der Waals surface area contributed by atoms with Gasteiger partial charge in [-0.05, 0) is 6.92 Å². The molecule has 1 aromatic heterocycles. The average Bonchev–Trinajstić information content (AvgIpc) is 2.55. The molecule has 2 heterocycles. The largest absolute Gasteiger partial charge is 0.468 e. The van der Waals surface area contributed by atoms with Crippen molar-refractivity contribution in [3.8, 4) is 0 Å². The first-order valence-electron chi connectivity index (χ1n) is 4.54. The summed E-state index contributed by atoms with van der Waals surface area (Å²) < 4.78 is 6.67. The minimum absolute atomic E-state index is 0.220. The number of esters is 1. The molecule has 0 aromatic carbocycles. The number of carbonyl (C=O) groups is 1. The van der Waals surface area contributed by atoms with Gasteiger partial charge in [0.05, 0.1) is 19.3 Å². The fraction of sp³-hybridized carbons (Fsp3) is 0.556. The van der Waals surface area contributed by atoms with Crippen molar-refractivity contribution in [2.24, 2.45) is 0 Å². The summed E-state index contributed by atoms with van der Waals surface area (Å²) in [5.74, 6) is 0.754. The second-order valence-electron chi connectivity index (χ2n) is 3.41. The highest BCUT2D eigenvalue weighted by Gasteiger charge is 2.25. The summed E-state index contributed by atoms with van der Waals surface area (Å²) in [6.45, 7) is 3.16. The summed E-state index contributed by atoms with van der Waals surface area (Å²) in [5, 5.41) is 3.08. The zero-order valence-corrected chi connectivity index (χ0v) is 8.28. The maximum atomic E-state index is 11.3. The normalized spacial score (nSPS) is 20.3. The van der Waals surface area contributed by atoms with E-state index in [-0.39, 0.29) is 12.0 Å². The van der Waals surface area contributed by atoms with Crippen molar-refractivity contribution in [2.75, 3.05) is 7.11 Å². The third kappa shape index (κ3) is 1.50. The molecule has 0 fully saturated rings. The van der Waals surface area contributed by atoms with E-state index in [1.54, 1.807) is 0 Å². The Kier molecular flexibility index (Phi) is 2.25. The highest BCUT2D eigenvalue weighted by Crippen LogP contribution is 2.09. The third-order valence-electron chi connectivity index (χ3n) is 2.35. The smallest absolute Gasteiger partial charge is 0.324 e. The molecule has 0 saturated heterocycles. The lowest BCUT2D eigenvalue weighted by atomic mass is 10.2. The zero-order chi connectivity index (χ0) is 10.1. The van der Waals surface area contributed by atoms with Crippen molar-refractivity contribution in [1.29, 1.82) is 0 Å². The van der Waals surface area contributed by atoms with Crippen LogP contribution in [-0.2, 0) is 22.6 Å². The molecule has 0 bridgehead atoms. The molecule has 2 rings (SSSR count). The number of aryl methyl sites for hydroxylation is 1. The van der Waals surface area contributed by atoms with Gasteiger partial charge in [0.15, 0.2) is 0 Å². The summed E-state index contributed by atoms with van der Waals surface area (Å²) in [6, 6.07) is -0.249. The number of rotatable bonds is 1. The van der Waals surface area contributed by atoms with E-state index < -0.39 is 0 Å². The predicted molar refractivity (Wildman–Crippen MR) is 49.6 cm³/mol. The molecule has 1 unspecified atom stereocenters. The van der Waals surface area contributed by atoms with Gasteiger partial charge in [-0.2, -0.15) is 0 Å². The van der Waals surface area contributed by atoms with Crippen LogP contribution in [0.5, 0.6) is 0 Å². The molecule has 1 aliphatic rings. The monoisotopic (exact) mass is 195 g/mol. The molecule has 14 heavy (non-hydrogen) atoms. The molecular weight excluding hydrogens is 182 g/mol. The van der Waals surface area contributed by atoms with Crippen LogP contribution in [0.1, 0.15) is 11.5 Å². The second-order valence-corrected chi connectivity index (χ2v) is 3.41. The Bertz CT molecular complexity index is 359. The Hall–Kier alpha value is -1.36. The summed E-state index contributed by atoms with van der Waals surface area (Å²) in [5.41, 5.74) is 0.979. The van der Waals surface area contributed by atoms with Crippen molar-refractivity contribution in [2.45, 2.75) is 26.1 Å². The molecule has 0 spiro atoms. The van der Waals surface area contributed by atoms with E-state index in [2.05, 4.69) is 15.0 Å². The van der Waals surface area contributed by atoms with Crippen LogP contribution in [0, 0.1) is 6.92 Å². The Balaban J connectivity index is 2.16. The van der Waals surface area contributed by atoms with Crippen LogP contribution in [0.3, 0.4) is 0 Å². The standard InChI is InChI=1S/C9H13N3O2/c1-6-4-12-5-7(9(13)14-2)10-3-8(12)11-6/h4,7,10H,3,5H2,1-2H3. The fourth-order valence-electron chi connectivity index (χ4n) is 1.67. The van der Waals surface area contributed by atoms with Gasteiger partial charge < -0.3 is 9.30 Å². The summed E-state index contributed by atoms with van der Waals surface area (Å²) in [4.78, 5) is 15.6. The molecule has 1 atom stereocenters. The molecular formula is C9H13N3O2. The molecule has 0 amide bonds. The van der Waals surface area contributed by atoms with E-state index in [4.69, 9.17) is 0 Å². The van der Waals surface area contributed by atoms with Gasteiger partial charge in [0.2, 0.25) is 0 Å². The third-order valence-corrected chi connectivity index (χ3v) is 2.35. The Morgan fingerprint density at radius 2 is 2.57 bits per heavy atom. The topological polar surface area (TPSA) is 56.2 Å². The molecule has 0 saturated carbocycles. The molecule has 76 valence electrons. The van der Waals surface area contributed by atoms with E-state index >= 15 is 0 Å². The lowest BCUT2D eigenvalue weighted by Gasteiger charge is -2.22. The van der Waals surface area contributed by atoms with Crippen LogP contribution in [-0.4, -0.2) is 28.7 Å². The molecule has 5 nitrogen and oxygen atoms in total. The maximum Gasteiger partial charge on any atom is 0.324 e. The van der Waals surface area contributed by atoms with E-state index in [0.717, 1.165) is 11.5 Å².